The van der Waals surface area contributed by atoms with Crippen molar-refractivity contribution in [1.29, 1.82) is 0 Å². The molecule has 0 saturated carbocycles. The number of hydrogen-bond donors (Lipinski definition) is 3. The Balaban J connectivity index is 0.000000170. The summed E-state index contributed by atoms with van der Waals surface area (Å²) in [7, 11) is 3.99. The van der Waals surface area contributed by atoms with Crippen molar-refractivity contribution in [2.75, 3.05) is 37.2 Å². The van der Waals surface area contributed by atoms with Crippen molar-refractivity contribution in [2.45, 2.75) is 89.9 Å². The predicted molar refractivity (Wildman–Crippen MR) is 263 cm³/mol. The first-order chi connectivity index (χ1) is 32.7. The smallest absolute Gasteiger partial charge is 0.278 e. The molecule has 2 unspecified atom stereocenters. The van der Waals surface area contributed by atoms with Crippen LogP contribution >= 0.6 is 0 Å². The molecule has 4 aliphatic rings. The highest BCUT2D eigenvalue weighted by atomic mass is 16.3. The van der Waals surface area contributed by atoms with Crippen molar-refractivity contribution in [1.82, 2.24) is 24.1 Å². The molecule has 2 aromatic heterocycles. The van der Waals surface area contributed by atoms with E-state index in [1.165, 1.54) is 45.5 Å². The second-order valence-electron chi connectivity index (χ2n) is 18.9. The molecule has 68 heavy (non-hydrogen) atoms. The Hall–Kier alpha value is -7.16. The summed E-state index contributed by atoms with van der Waals surface area (Å²) >= 11 is 0. The second-order valence-corrected chi connectivity index (χ2v) is 18.9. The van der Waals surface area contributed by atoms with Crippen molar-refractivity contribution in [3.05, 3.63) is 198 Å². The van der Waals surface area contributed by atoms with E-state index in [1.54, 1.807) is 31.5 Å². The summed E-state index contributed by atoms with van der Waals surface area (Å²) in [6.45, 7) is 8.56. The number of aromatic hydroxyl groups is 2. The van der Waals surface area contributed by atoms with Crippen LogP contribution in [0.2, 0.25) is 0 Å². The molecule has 4 heterocycles. The molecule has 352 valence electrons. The van der Waals surface area contributed by atoms with Crippen LogP contribution in [0.15, 0.2) is 131 Å². The van der Waals surface area contributed by atoms with Gasteiger partial charge in [-0.1, -0.05) is 97.1 Å². The first kappa shape index (κ1) is 46.0. The summed E-state index contributed by atoms with van der Waals surface area (Å²) in [4.78, 5) is 57.6. The monoisotopic (exact) mass is 916 g/mol. The van der Waals surface area contributed by atoms with Crippen molar-refractivity contribution in [2.24, 2.45) is 5.73 Å². The number of nitrogens with two attached hydrogens (primary N) is 1. The van der Waals surface area contributed by atoms with E-state index in [2.05, 4.69) is 87.7 Å². The van der Waals surface area contributed by atoms with Crippen LogP contribution in [-0.2, 0) is 25.7 Å². The zero-order valence-corrected chi connectivity index (χ0v) is 39.5. The summed E-state index contributed by atoms with van der Waals surface area (Å²) in [6.07, 6.45) is 6.04. The van der Waals surface area contributed by atoms with Crippen LogP contribution in [0.1, 0.15) is 105 Å². The number of pyridine rings is 2. The number of carbonyl (C=O) groups is 2. The lowest BCUT2D eigenvalue weighted by atomic mass is 9.93. The molecule has 4 aromatic carbocycles. The minimum atomic E-state index is -0.578. The van der Waals surface area contributed by atoms with Crippen LogP contribution in [0.4, 0.5) is 0 Å². The number of nitrogens with zero attached hydrogens (tertiary/aromatic N) is 7. The molecular formula is C54H60N8O6. The molecule has 6 aromatic rings. The number of hydrogen-bond acceptors (Lipinski definition) is 10. The number of amides is 2. The molecule has 2 aliphatic heterocycles. The van der Waals surface area contributed by atoms with E-state index in [0.717, 1.165) is 36.8 Å². The Morgan fingerprint density at radius 1 is 0.529 bits per heavy atom. The number of fused-ring (bicyclic) bond motifs is 6. The number of benzene rings is 4. The molecule has 0 saturated heterocycles. The average Bonchev–Trinajstić information content (AvgIpc) is 3.59. The molecule has 14 heteroatoms. The zero-order valence-electron chi connectivity index (χ0n) is 39.5. The molecule has 2 amide bonds. The normalized spacial score (nSPS) is 18.0. The maximum Gasteiger partial charge on any atom is 0.278 e. The summed E-state index contributed by atoms with van der Waals surface area (Å²) in [5, 5.41) is 25.8. The fourth-order valence-electron chi connectivity index (χ4n) is 10.9. The third-order valence-electron chi connectivity index (χ3n) is 13.8. The Bertz CT molecular complexity index is 2920. The van der Waals surface area contributed by atoms with Gasteiger partial charge in [-0.05, 0) is 112 Å². The van der Waals surface area contributed by atoms with Crippen LogP contribution < -0.4 is 26.6 Å². The van der Waals surface area contributed by atoms with E-state index in [9.17, 15) is 29.4 Å². The molecule has 0 bridgehead atoms. The molecule has 14 nitrogen and oxygen atoms in total. The molecule has 2 atom stereocenters. The number of carbonyl (C=O) groups excluding carboxylic acids is 2. The Morgan fingerprint density at radius 2 is 0.853 bits per heavy atom. The first-order valence-corrected chi connectivity index (χ1v) is 23.5. The lowest BCUT2D eigenvalue weighted by molar-refractivity contribution is 0.0413. The van der Waals surface area contributed by atoms with Crippen molar-refractivity contribution < 1.29 is 19.8 Å². The number of rotatable bonds is 7. The minimum absolute atomic E-state index is 0.0143. The third kappa shape index (κ3) is 7.80. The molecule has 0 radical (unpaired) electrons. The van der Waals surface area contributed by atoms with E-state index >= 15 is 0 Å². The lowest BCUT2D eigenvalue weighted by Gasteiger charge is -2.52. The van der Waals surface area contributed by atoms with Gasteiger partial charge in [0.25, 0.3) is 11.8 Å². The standard InChI is InChI=1S/C28H32N4O3.C26H28N4O3/c1-18(2)31-24(17-29(3)4)32(30-16-15-23(33)27(34)26(30)28(31)35)25-21-11-7-5-9-19(21)13-14-20-10-6-8-12-22(20)25;1-16(2)29-22(15-27)30(28-14-13-21(31)25(32)24(28)26(29)33)23-19-9-5-3-7-17(19)11-12-18-8-4-6-10-20(18)23/h5-12,15-16,18,24-25,34H,13-14,17H2,1-4H3;3-10,13-14,16,22-23,32H,11-12,15,27H2,1-2H3. The van der Waals surface area contributed by atoms with Crippen molar-refractivity contribution >= 4 is 11.8 Å². The van der Waals surface area contributed by atoms with Gasteiger partial charge in [-0.2, -0.15) is 0 Å². The van der Waals surface area contributed by atoms with Gasteiger partial charge >= 0.3 is 0 Å². The van der Waals surface area contributed by atoms with Crippen LogP contribution in [0.3, 0.4) is 0 Å². The quantitative estimate of drug-likeness (QED) is 0.182. The van der Waals surface area contributed by atoms with Crippen LogP contribution in [0.5, 0.6) is 11.5 Å². The van der Waals surface area contributed by atoms with Crippen LogP contribution in [0, 0.1) is 0 Å². The van der Waals surface area contributed by atoms with Gasteiger partial charge in [0, 0.05) is 49.7 Å². The predicted octanol–water partition coefficient (Wildman–Crippen LogP) is 5.66. The van der Waals surface area contributed by atoms with E-state index in [1.807, 2.05) is 66.1 Å². The third-order valence-corrected chi connectivity index (χ3v) is 13.8. The molecule has 2 aliphatic carbocycles. The maximum absolute atomic E-state index is 13.8. The highest BCUT2D eigenvalue weighted by Crippen LogP contribution is 2.42. The highest BCUT2D eigenvalue weighted by molar-refractivity contribution is 5.97. The van der Waals surface area contributed by atoms with E-state index < -0.39 is 34.4 Å². The molecular weight excluding hydrogens is 857 g/mol. The van der Waals surface area contributed by atoms with E-state index in [4.69, 9.17) is 5.73 Å². The topological polar surface area (TPSA) is 161 Å². The molecule has 4 N–H and O–H groups in total. The van der Waals surface area contributed by atoms with Crippen LogP contribution in [-0.4, -0.2) is 97.7 Å². The Morgan fingerprint density at radius 3 is 1.18 bits per heavy atom. The zero-order chi connectivity index (χ0) is 48.1. The summed E-state index contributed by atoms with van der Waals surface area (Å²) in [5.41, 5.74) is 14.8. The summed E-state index contributed by atoms with van der Waals surface area (Å²) < 4.78 is 3.36. The number of aromatic nitrogens is 2. The fraction of sp³-hybridized carbons (Fsp3) is 0.333. The molecule has 0 fully saturated rings. The fourth-order valence-corrected chi connectivity index (χ4v) is 10.9. The Kier molecular flexibility index (Phi) is 12.5. The second kappa shape index (κ2) is 18.5. The van der Waals surface area contributed by atoms with Gasteiger partial charge in [0.1, 0.15) is 12.3 Å². The van der Waals surface area contributed by atoms with E-state index in [-0.39, 0.29) is 54.2 Å². The van der Waals surface area contributed by atoms with Gasteiger partial charge < -0.3 is 30.6 Å². The Labute approximate surface area is 396 Å². The summed E-state index contributed by atoms with van der Waals surface area (Å²) in [5.74, 6) is -1.79. The van der Waals surface area contributed by atoms with Gasteiger partial charge in [-0.3, -0.25) is 38.5 Å². The van der Waals surface area contributed by atoms with Gasteiger partial charge in [-0.25, -0.2) is 0 Å². The SMILES string of the molecule is CC(C)N1C(=O)c2c(O)c(=O)ccn2N(C2c3ccccc3CCc3ccccc32)C1CN.CC(C)N1C(=O)c2c(O)c(=O)ccn2N(C2c3ccccc3CCc3ccccc32)C1CN(C)C. The summed E-state index contributed by atoms with van der Waals surface area (Å²) in [6, 6.07) is 35.4. The molecule has 10 rings (SSSR count). The van der Waals surface area contributed by atoms with Gasteiger partial charge in [0.15, 0.2) is 22.9 Å². The van der Waals surface area contributed by atoms with E-state index in [0.29, 0.717) is 6.54 Å². The number of aryl methyl sites for hydroxylation is 4. The minimum Gasteiger partial charge on any atom is -0.502 e. The van der Waals surface area contributed by atoms with Crippen LogP contribution in [0.25, 0.3) is 0 Å². The number of likely N-dealkylation sites (N-methyl/N-ethyl adjacent to an activating group) is 1. The first-order valence-electron chi connectivity index (χ1n) is 23.5. The average molecular weight is 917 g/mol. The van der Waals surface area contributed by atoms with Gasteiger partial charge in [0.05, 0.1) is 12.1 Å². The van der Waals surface area contributed by atoms with Gasteiger partial charge in [0.2, 0.25) is 10.9 Å². The van der Waals surface area contributed by atoms with Gasteiger partial charge in [-0.15, -0.1) is 0 Å². The maximum atomic E-state index is 13.8. The lowest BCUT2D eigenvalue weighted by Crippen LogP contribution is -2.66. The largest absolute Gasteiger partial charge is 0.502 e. The van der Waals surface area contributed by atoms with Crippen molar-refractivity contribution in [3.8, 4) is 11.5 Å². The highest BCUT2D eigenvalue weighted by Gasteiger charge is 2.47. The van der Waals surface area contributed by atoms with Crippen molar-refractivity contribution in [3.63, 3.8) is 0 Å². The molecule has 0 spiro atoms.